The highest BCUT2D eigenvalue weighted by molar-refractivity contribution is 7.99. The van der Waals surface area contributed by atoms with E-state index >= 15 is 0 Å². The second kappa shape index (κ2) is 5.99. The summed E-state index contributed by atoms with van der Waals surface area (Å²) in [4.78, 5) is 0. The van der Waals surface area contributed by atoms with Crippen molar-refractivity contribution in [1.82, 2.24) is 5.32 Å². The van der Waals surface area contributed by atoms with E-state index < -0.39 is 12.6 Å². The van der Waals surface area contributed by atoms with Gasteiger partial charge >= 0.3 is 6.18 Å². The molecular formula is C10H18F3NS. The summed E-state index contributed by atoms with van der Waals surface area (Å²) in [6.07, 6.45) is 1.79. The van der Waals surface area contributed by atoms with Gasteiger partial charge in [-0.15, -0.1) is 0 Å². The van der Waals surface area contributed by atoms with Crippen LogP contribution < -0.4 is 5.32 Å². The lowest BCUT2D eigenvalue weighted by Gasteiger charge is -2.31. The van der Waals surface area contributed by atoms with Crippen LogP contribution in [0.4, 0.5) is 13.2 Å². The van der Waals surface area contributed by atoms with E-state index in [0.29, 0.717) is 5.25 Å². The summed E-state index contributed by atoms with van der Waals surface area (Å²) >= 11 is 1.77. The Labute approximate surface area is 93.2 Å². The minimum Gasteiger partial charge on any atom is -0.313 e. The van der Waals surface area contributed by atoms with Crippen molar-refractivity contribution in [2.75, 3.05) is 12.8 Å². The van der Waals surface area contributed by atoms with Crippen molar-refractivity contribution in [3.05, 3.63) is 0 Å². The SMILES string of the molecule is CSC1CCCCC1NCCC(F)(F)F. The smallest absolute Gasteiger partial charge is 0.313 e. The number of thioether (sulfide) groups is 1. The molecule has 0 bridgehead atoms. The number of nitrogens with one attached hydrogen (secondary N) is 1. The molecule has 0 aromatic rings. The van der Waals surface area contributed by atoms with Crippen LogP contribution in [-0.4, -0.2) is 30.3 Å². The Morgan fingerprint density at radius 2 is 1.93 bits per heavy atom. The Bertz CT molecular complexity index is 184. The maximum atomic E-state index is 11.9. The van der Waals surface area contributed by atoms with Gasteiger partial charge in [0.05, 0.1) is 6.42 Å². The van der Waals surface area contributed by atoms with Crippen LogP contribution in [0, 0.1) is 0 Å². The first-order chi connectivity index (χ1) is 7.03. The topological polar surface area (TPSA) is 12.0 Å². The summed E-state index contributed by atoms with van der Waals surface area (Å²) in [5.41, 5.74) is 0. The lowest BCUT2D eigenvalue weighted by molar-refractivity contribution is -0.133. The first kappa shape index (κ1) is 13.2. The fourth-order valence-electron chi connectivity index (χ4n) is 2.01. The highest BCUT2D eigenvalue weighted by Gasteiger charge is 2.28. The Morgan fingerprint density at radius 1 is 1.27 bits per heavy atom. The number of hydrogen-bond acceptors (Lipinski definition) is 2. The third kappa shape index (κ3) is 5.11. The molecule has 1 fully saturated rings. The van der Waals surface area contributed by atoms with Crippen LogP contribution in [0.5, 0.6) is 0 Å². The minimum absolute atomic E-state index is 0.0607. The molecule has 1 saturated carbocycles. The molecule has 2 atom stereocenters. The van der Waals surface area contributed by atoms with Crippen molar-refractivity contribution in [1.29, 1.82) is 0 Å². The van der Waals surface area contributed by atoms with Gasteiger partial charge in [0.15, 0.2) is 0 Å². The van der Waals surface area contributed by atoms with E-state index in [2.05, 4.69) is 5.32 Å². The number of hydrogen-bond donors (Lipinski definition) is 1. The molecule has 0 aliphatic heterocycles. The van der Waals surface area contributed by atoms with Crippen molar-refractivity contribution in [3.8, 4) is 0 Å². The van der Waals surface area contributed by atoms with E-state index in [1.54, 1.807) is 11.8 Å². The molecule has 1 rings (SSSR count). The fourth-order valence-corrected chi connectivity index (χ4v) is 2.97. The van der Waals surface area contributed by atoms with Crippen molar-refractivity contribution >= 4 is 11.8 Å². The molecule has 0 heterocycles. The predicted molar refractivity (Wildman–Crippen MR) is 58.2 cm³/mol. The van der Waals surface area contributed by atoms with Crippen LogP contribution in [-0.2, 0) is 0 Å². The van der Waals surface area contributed by atoms with E-state index in [0.717, 1.165) is 19.3 Å². The molecule has 1 aliphatic rings. The normalized spacial score (nSPS) is 28.0. The highest BCUT2D eigenvalue weighted by atomic mass is 32.2. The maximum absolute atomic E-state index is 11.9. The Balaban J connectivity index is 2.23. The van der Waals surface area contributed by atoms with Crippen LogP contribution >= 0.6 is 11.8 Å². The van der Waals surface area contributed by atoms with Crippen LogP contribution in [0.25, 0.3) is 0 Å². The molecule has 15 heavy (non-hydrogen) atoms. The first-order valence-electron chi connectivity index (χ1n) is 5.36. The van der Waals surface area contributed by atoms with E-state index in [-0.39, 0.29) is 12.6 Å². The van der Waals surface area contributed by atoms with E-state index in [9.17, 15) is 13.2 Å². The van der Waals surface area contributed by atoms with Crippen molar-refractivity contribution in [3.63, 3.8) is 0 Å². The largest absolute Gasteiger partial charge is 0.390 e. The summed E-state index contributed by atoms with van der Waals surface area (Å²) in [6.45, 7) is 0.0607. The van der Waals surface area contributed by atoms with Gasteiger partial charge in [-0.25, -0.2) is 0 Å². The molecule has 1 aliphatic carbocycles. The molecule has 0 radical (unpaired) electrons. The van der Waals surface area contributed by atoms with E-state index in [1.165, 1.54) is 6.42 Å². The zero-order chi connectivity index (χ0) is 11.3. The number of rotatable bonds is 4. The molecule has 0 aromatic heterocycles. The Hall–Kier alpha value is 0.100. The molecule has 0 spiro atoms. The molecule has 5 heteroatoms. The number of halogens is 3. The van der Waals surface area contributed by atoms with Gasteiger partial charge in [0.1, 0.15) is 0 Å². The van der Waals surface area contributed by atoms with Gasteiger partial charge < -0.3 is 5.32 Å². The molecular weight excluding hydrogens is 223 g/mol. The average molecular weight is 241 g/mol. The summed E-state index contributed by atoms with van der Waals surface area (Å²) in [6, 6.07) is 0.274. The van der Waals surface area contributed by atoms with Crippen LogP contribution in [0.3, 0.4) is 0 Å². The standard InChI is InChI=1S/C10H18F3NS/c1-15-9-5-3-2-4-8(9)14-7-6-10(11,12)13/h8-9,14H,2-7H2,1H3. The fraction of sp³-hybridized carbons (Fsp3) is 1.00. The molecule has 1 nitrogen and oxygen atoms in total. The highest BCUT2D eigenvalue weighted by Crippen LogP contribution is 2.27. The zero-order valence-corrected chi connectivity index (χ0v) is 9.76. The summed E-state index contributed by atoms with van der Waals surface area (Å²) in [7, 11) is 0. The molecule has 0 aromatic carbocycles. The third-order valence-corrected chi connectivity index (χ3v) is 3.99. The van der Waals surface area contributed by atoms with Gasteiger partial charge in [-0.05, 0) is 19.1 Å². The van der Waals surface area contributed by atoms with Gasteiger partial charge in [0.2, 0.25) is 0 Å². The minimum atomic E-state index is -4.03. The zero-order valence-electron chi connectivity index (χ0n) is 8.94. The van der Waals surface area contributed by atoms with Gasteiger partial charge in [-0.1, -0.05) is 12.8 Å². The second-order valence-corrected chi connectivity index (χ2v) is 5.06. The van der Waals surface area contributed by atoms with Crippen molar-refractivity contribution < 1.29 is 13.2 Å². The summed E-state index contributed by atoms with van der Waals surface area (Å²) in [5, 5.41) is 3.53. The van der Waals surface area contributed by atoms with Crippen molar-refractivity contribution in [2.45, 2.75) is 49.6 Å². The predicted octanol–water partition coefficient (Wildman–Crippen LogP) is 3.20. The summed E-state index contributed by atoms with van der Waals surface area (Å²) in [5.74, 6) is 0. The third-order valence-electron chi connectivity index (χ3n) is 2.82. The number of alkyl halides is 3. The summed E-state index contributed by atoms with van der Waals surface area (Å²) < 4.78 is 35.8. The van der Waals surface area contributed by atoms with Gasteiger partial charge in [-0.2, -0.15) is 24.9 Å². The van der Waals surface area contributed by atoms with Crippen LogP contribution in [0.1, 0.15) is 32.1 Å². The molecule has 2 unspecified atom stereocenters. The van der Waals surface area contributed by atoms with Crippen molar-refractivity contribution in [2.24, 2.45) is 0 Å². The van der Waals surface area contributed by atoms with E-state index in [1.807, 2.05) is 6.26 Å². The quantitative estimate of drug-likeness (QED) is 0.811. The Morgan fingerprint density at radius 3 is 2.53 bits per heavy atom. The molecule has 0 saturated heterocycles. The molecule has 1 N–H and O–H groups in total. The lowest BCUT2D eigenvalue weighted by Crippen LogP contribution is -2.41. The van der Waals surface area contributed by atoms with Gasteiger partial charge in [-0.3, -0.25) is 0 Å². The average Bonchev–Trinajstić information content (AvgIpc) is 2.16. The van der Waals surface area contributed by atoms with E-state index in [4.69, 9.17) is 0 Å². The monoisotopic (exact) mass is 241 g/mol. The molecule has 0 amide bonds. The first-order valence-corrected chi connectivity index (χ1v) is 6.64. The van der Waals surface area contributed by atoms with Gasteiger partial charge in [0.25, 0.3) is 0 Å². The molecule has 90 valence electrons. The van der Waals surface area contributed by atoms with Crippen LogP contribution in [0.15, 0.2) is 0 Å². The Kier molecular flexibility index (Phi) is 5.26. The van der Waals surface area contributed by atoms with Gasteiger partial charge in [0, 0.05) is 17.8 Å². The lowest BCUT2D eigenvalue weighted by atomic mass is 9.95. The second-order valence-electron chi connectivity index (χ2n) is 3.98. The van der Waals surface area contributed by atoms with Crippen LogP contribution in [0.2, 0.25) is 0 Å². The maximum Gasteiger partial charge on any atom is 0.390 e.